The molecule has 0 bridgehead atoms. The van der Waals surface area contributed by atoms with Crippen molar-refractivity contribution in [3.63, 3.8) is 0 Å². The van der Waals surface area contributed by atoms with Crippen molar-refractivity contribution >= 4 is 5.78 Å². The topological polar surface area (TPSA) is 64.7 Å². The van der Waals surface area contributed by atoms with Crippen LogP contribution in [-0.2, 0) is 16.6 Å². The molecule has 0 unspecified atom stereocenters. The van der Waals surface area contributed by atoms with Gasteiger partial charge in [-0.15, -0.1) is 0 Å². The molecule has 1 aromatic rings. The Morgan fingerprint density at radius 2 is 1.62 bits per heavy atom. The molecule has 0 aliphatic rings. The van der Waals surface area contributed by atoms with Crippen LogP contribution in [0.2, 0.25) is 0 Å². The molecule has 1 aromatic carbocycles. The molecule has 21 heavy (non-hydrogen) atoms. The normalized spacial score (nSPS) is 10.7. The van der Waals surface area contributed by atoms with Crippen LogP contribution in [0, 0.1) is 22.7 Å². The minimum Gasteiger partial charge on any atom is -0.299 e. The van der Waals surface area contributed by atoms with Gasteiger partial charge in [0.1, 0.15) is 5.78 Å². The molecule has 0 fully saturated rings. The predicted octanol–water partition coefficient (Wildman–Crippen LogP) is 4.07. The van der Waals surface area contributed by atoms with E-state index < -0.39 is 5.41 Å². The highest BCUT2D eigenvalue weighted by Crippen LogP contribution is 2.35. The number of hydrogen-bond acceptors (Lipinski definition) is 3. The van der Waals surface area contributed by atoms with E-state index in [4.69, 9.17) is 10.5 Å². The summed E-state index contributed by atoms with van der Waals surface area (Å²) in [4.78, 5) is 12.3. The first kappa shape index (κ1) is 16.9. The van der Waals surface area contributed by atoms with E-state index >= 15 is 0 Å². The Kier molecular flexibility index (Phi) is 6.63. The van der Waals surface area contributed by atoms with Crippen LogP contribution in [0.1, 0.15) is 57.1 Å². The number of ketones is 1. The first-order chi connectivity index (χ1) is 10.1. The lowest BCUT2D eigenvalue weighted by atomic mass is 9.70. The lowest BCUT2D eigenvalue weighted by Crippen LogP contribution is -2.34. The first-order valence-electron chi connectivity index (χ1n) is 7.45. The Morgan fingerprint density at radius 1 is 1.10 bits per heavy atom. The van der Waals surface area contributed by atoms with Gasteiger partial charge >= 0.3 is 0 Å². The number of aryl methyl sites for hydroxylation is 1. The molecule has 3 nitrogen and oxygen atoms in total. The first-order valence-corrected chi connectivity index (χ1v) is 7.45. The highest BCUT2D eigenvalue weighted by molar-refractivity contribution is 5.88. The quantitative estimate of drug-likeness (QED) is 0.721. The minimum absolute atomic E-state index is 0.0382. The second-order valence-electron chi connectivity index (χ2n) is 5.40. The van der Waals surface area contributed by atoms with Crippen LogP contribution >= 0.6 is 0 Å². The summed E-state index contributed by atoms with van der Waals surface area (Å²) >= 11 is 0. The summed E-state index contributed by atoms with van der Waals surface area (Å²) < 4.78 is 0. The van der Waals surface area contributed by atoms with Crippen LogP contribution in [0.15, 0.2) is 24.3 Å². The highest BCUT2D eigenvalue weighted by atomic mass is 16.1. The van der Waals surface area contributed by atoms with Gasteiger partial charge in [0.2, 0.25) is 0 Å². The van der Waals surface area contributed by atoms with Gasteiger partial charge in [0.25, 0.3) is 0 Å². The van der Waals surface area contributed by atoms with E-state index in [1.165, 1.54) is 5.56 Å². The third kappa shape index (κ3) is 4.17. The average molecular weight is 282 g/mol. The monoisotopic (exact) mass is 282 g/mol. The number of nitriles is 2. The SMILES string of the molecule is CCCc1ccc(C(CCC#N)(CCC#N)C(C)=O)cc1. The Labute approximate surface area is 127 Å². The summed E-state index contributed by atoms with van der Waals surface area (Å²) in [5.74, 6) is 0.0382. The molecule has 0 aliphatic heterocycles. The van der Waals surface area contributed by atoms with Crippen molar-refractivity contribution in [3.05, 3.63) is 35.4 Å². The number of Topliss-reactive ketones (excluding diaryl/α,β-unsaturated/α-hetero) is 1. The molecule has 110 valence electrons. The van der Waals surface area contributed by atoms with Crippen molar-refractivity contribution in [3.8, 4) is 12.1 Å². The maximum absolute atomic E-state index is 12.3. The van der Waals surface area contributed by atoms with Gasteiger partial charge in [-0.05, 0) is 37.3 Å². The van der Waals surface area contributed by atoms with Crippen molar-refractivity contribution in [2.45, 2.75) is 57.8 Å². The second kappa shape index (κ2) is 8.22. The average Bonchev–Trinajstić information content (AvgIpc) is 2.49. The molecule has 3 heteroatoms. The van der Waals surface area contributed by atoms with Gasteiger partial charge in [-0.1, -0.05) is 37.6 Å². The van der Waals surface area contributed by atoms with E-state index in [0.717, 1.165) is 18.4 Å². The van der Waals surface area contributed by atoms with Crippen molar-refractivity contribution in [1.29, 1.82) is 10.5 Å². The van der Waals surface area contributed by atoms with E-state index in [0.29, 0.717) is 25.7 Å². The number of carbonyl (C=O) groups is 1. The van der Waals surface area contributed by atoms with Crippen molar-refractivity contribution in [2.75, 3.05) is 0 Å². The molecular formula is C18H22N2O. The fourth-order valence-corrected chi connectivity index (χ4v) is 2.79. The summed E-state index contributed by atoms with van der Waals surface area (Å²) in [5, 5.41) is 17.7. The molecular weight excluding hydrogens is 260 g/mol. The van der Waals surface area contributed by atoms with Crippen molar-refractivity contribution in [2.24, 2.45) is 0 Å². The molecule has 0 saturated heterocycles. The van der Waals surface area contributed by atoms with Gasteiger partial charge in [0.15, 0.2) is 0 Å². The molecule has 0 spiro atoms. The Bertz CT molecular complexity index is 528. The molecule has 1 rings (SSSR count). The molecule has 0 saturated carbocycles. The van der Waals surface area contributed by atoms with Gasteiger partial charge in [0, 0.05) is 12.8 Å². The van der Waals surface area contributed by atoms with Gasteiger partial charge in [-0.25, -0.2) is 0 Å². The zero-order chi connectivity index (χ0) is 15.7. The maximum Gasteiger partial charge on any atom is 0.140 e. The van der Waals surface area contributed by atoms with E-state index in [2.05, 4.69) is 31.2 Å². The van der Waals surface area contributed by atoms with E-state index in [1.54, 1.807) is 6.92 Å². The van der Waals surface area contributed by atoms with Crippen LogP contribution in [-0.4, -0.2) is 5.78 Å². The lowest BCUT2D eigenvalue weighted by molar-refractivity contribution is -0.123. The Morgan fingerprint density at radius 3 is 2.00 bits per heavy atom. The predicted molar refractivity (Wildman–Crippen MR) is 82.5 cm³/mol. The number of benzene rings is 1. The molecule has 0 radical (unpaired) electrons. The van der Waals surface area contributed by atoms with E-state index in [9.17, 15) is 4.79 Å². The van der Waals surface area contributed by atoms with Gasteiger partial charge in [-0.2, -0.15) is 10.5 Å². The van der Waals surface area contributed by atoms with Crippen LogP contribution in [0.4, 0.5) is 0 Å². The van der Waals surface area contributed by atoms with Crippen molar-refractivity contribution < 1.29 is 4.79 Å². The van der Waals surface area contributed by atoms with Crippen LogP contribution in [0.5, 0.6) is 0 Å². The number of rotatable bonds is 8. The third-order valence-corrected chi connectivity index (χ3v) is 4.05. The largest absolute Gasteiger partial charge is 0.299 e. The lowest BCUT2D eigenvalue weighted by Gasteiger charge is -2.31. The zero-order valence-electron chi connectivity index (χ0n) is 12.9. The highest BCUT2D eigenvalue weighted by Gasteiger charge is 2.36. The van der Waals surface area contributed by atoms with E-state index in [1.807, 2.05) is 12.1 Å². The number of hydrogen-bond donors (Lipinski definition) is 0. The van der Waals surface area contributed by atoms with Crippen LogP contribution in [0.3, 0.4) is 0 Å². The number of nitrogens with zero attached hydrogens (tertiary/aromatic N) is 2. The summed E-state index contributed by atoms with van der Waals surface area (Å²) in [6.07, 6.45) is 3.70. The fourth-order valence-electron chi connectivity index (χ4n) is 2.79. The zero-order valence-corrected chi connectivity index (χ0v) is 12.9. The summed E-state index contributed by atoms with van der Waals surface area (Å²) in [6, 6.07) is 12.3. The molecule has 0 N–H and O–H groups in total. The summed E-state index contributed by atoms with van der Waals surface area (Å²) in [7, 11) is 0. The van der Waals surface area contributed by atoms with Crippen LogP contribution in [0.25, 0.3) is 0 Å². The second-order valence-corrected chi connectivity index (χ2v) is 5.40. The molecule has 0 aliphatic carbocycles. The number of carbonyl (C=O) groups excluding carboxylic acids is 1. The van der Waals surface area contributed by atoms with E-state index in [-0.39, 0.29) is 5.78 Å². The molecule has 0 atom stereocenters. The maximum atomic E-state index is 12.3. The van der Waals surface area contributed by atoms with Gasteiger partial charge in [-0.3, -0.25) is 4.79 Å². The summed E-state index contributed by atoms with van der Waals surface area (Å²) in [6.45, 7) is 3.70. The third-order valence-electron chi connectivity index (χ3n) is 4.05. The Balaban J connectivity index is 3.17. The molecule has 0 aromatic heterocycles. The molecule has 0 heterocycles. The minimum atomic E-state index is -0.698. The van der Waals surface area contributed by atoms with Gasteiger partial charge in [0.05, 0.1) is 17.6 Å². The molecule has 0 amide bonds. The summed E-state index contributed by atoms with van der Waals surface area (Å²) in [5.41, 5.74) is 1.48. The van der Waals surface area contributed by atoms with Crippen LogP contribution < -0.4 is 0 Å². The smallest absolute Gasteiger partial charge is 0.140 e. The fraction of sp³-hybridized carbons (Fsp3) is 0.500. The standard InChI is InChI=1S/C18H22N2O/c1-3-6-16-7-9-17(10-8-16)18(15(2)21,11-4-13-19)12-5-14-20/h7-10H,3-6,11-12H2,1-2H3. The van der Waals surface area contributed by atoms with Crippen molar-refractivity contribution in [1.82, 2.24) is 0 Å². The Hall–Kier alpha value is -2.13. The van der Waals surface area contributed by atoms with Gasteiger partial charge < -0.3 is 0 Å².